The van der Waals surface area contributed by atoms with Gasteiger partial charge in [-0.05, 0) is 29.9 Å². The molecule has 2 aromatic rings. The van der Waals surface area contributed by atoms with Crippen molar-refractivity contribution in [1.29, 1.82) is 0 Å². The Balaban J connectivity index is 2.38. The summed E-state index contributed by atoms with van der Waals surface area (Å²) >= 11 is 0. The van der Waals surface area contributed by atoms with E-state index in [4.69, 9.17) is 0 Å². The van der Waals surface area contributed by atoms with E-state index in [0.29, 0.717) is 16.3 Å². The molecule has 1 amide bonds. The molecule has 4 nitrogen and oxygen atoms in total. The number of amides is 1. The second-order valence-corrected chi connectivity index (χ2v) is 6.71. The third kappa shape index (κ3) is 4.23. The second kappa shape index (κ2) is 7.47. The zero-order valence-corrected chi connectivity index (χ0v) is 15.0. The quantitative estimate of drug-likeness (QED) is 0.754. The molecule has 1 aromatic carbocycles. The van der Waals surface area contributed by atoms with E-state index < -0.39 is 29.3 Å². The highest BCUT2D eigenvalue weighted by Gasteiger charge is 2.41. The van der Waals surface area contributed by atoms with Gasteiger partial charge in [-0.15, -0.1) is 0 Å². The second-order valence-electron chi connectivity index (χ2n) is 6.71. The van der Waals surface area contributed by atoms with Crippen LogP contribution in [0, 0.1) is 11.9 Å². The van der Waals surface area contributed by atoms with Crippen molar-refractivity contribution in [2.45, 2.75) is 39.3 Å². The highest BCUT2D eigenvalue weighted by atomic mass is 19.4. The molecule has 0 spiro atoms. The highest BCUT2D eigenvalue weighted by molar-refractivity contribution is 6.05. The zero-order chi connectivity index (χ0) is 19.6. The molecule has 0 aliphatic heterocycles. The smallest absolute Gasteiger partial charge is 0.322 e. The van der Waals surface area contributed by atoms with Crippen molar-refractivity contribution < 1.29 is 22.4 Å². The van der Waals surface area contributed by atoms with E-state index in [9.17, 15) is 22.4 Å². The molecule has 0 aliphatic rings. The van der Waals surface area contributed by atoms with E-state index in [1.165, 1.54) is 0 Å². The summed E-state index contributed by atoms with van der Waals surface area (Å²) in [6.07, 6.45) is -4.10. The maximum absolute atomic E-state index is 14.1. The van der Waals surface area contributed by atoms with Crippen molar-refractivity contribution in [2.24, 2.45) is 13.0 Å². The highest BCUT2D eigenvalue weighted by Crippen LogP contribution is 2.33. The Labute approximate surface area is 149 Å². The Morgan fingerprint density at radius 1 is 1.23 bits per heavy atom. The van der Waals surface area contributed by atoms with Gasteiger partial charge in [-0.3, -0.25) is 4.79 Å². The minimum absolute atomic E-state index is 0.0762. The van der Waals surface area contributed by atoms with Crippen LogP contribution in [0.1, 0.15) is 54.7 Å². The normalized spacial score (nSPS) is 13.1. The Morgan fingerprint density at radius 2 is 1.85 bits per heavy atom. The number of benzene rings is 1. The van der Waals surface area contributed by atoms with Gasteiger partial charge >= 0.3 is 6.18 Å². The van der Waals surface area contributed by atoms with Crippen LogP contribution in [0.5, 0.6) is 0 Å². The summed E-state index contributed by atoms with van der Waals surface area (Å²) in [6.45, 7) is 6.08. The molecule has 1 atom stereocenters. The number of carbonyl (C=O) groups is 1. The van der Waals surface area contributed by atoms with Crippen molar-refractivity contribution >= 4 is 11.6 Å². The van der Waals surface area contributed by atoms with E-state index >= 15 is 0 Å². The Bertz CT molecular complexity index is 796. The van der Waals surface area contributed by atoms with Crippen LogP contribution in [0.4, 0.5) is 23.2 Å². The average Bonchev–Trinajstić information content (AvgIpc) is 2.83. The number of nitrogens with one attached hydrogen (secondary N) is 1. The number of hydrogen-bond acceptors (Lipinski definition) is 2. The zero-order valence-electron chi connectivity index (χ0n) is 15.0. The largest absolute Gasteiger partial charge is 0.436 e. The number of hydrogen-bond donors (Lipinski definition) is 1. The number of rotatable bonds is 5. The van der Waals surface area contributed by atoms with Crippen molar-refractivity contribution in [1.82, 2.24) is 9.78 Å². The minimum atomic E-state index is -4.93. The van der Waals surface area contributed by atoms with Crippen LogP contribution in [0.2, 0.25) is 0 Å². The monoisotopic (exact) mass is 371 g/mol. The average molecular weight is 371 g/mol. The number of nitrogens with zero attached hydrogens (tertiary/aromatic N) is 2. The van der Waals surface area contributed by atoms with Gasteiger partial charge in [-0.2, -0.15) is 22.7 Å². The Hall–Kier alpha value is -2.38. The standard InChI is InChI=1S/C18H21F4N3O/c1-10(2)9-11(3)12-7-5-6-8-13(12)23-17(26)14-15(18(20,21)22)24-25(4)16(14)19/h5-8,10-11H,9H2,1-4H3,(H,23,26)/t11-/m0/s1. The van der Waals surface area contributed by atoms with E-state index in [2.05, 4.69) is 24.3 Å². The molecule has 142 valence electrons. The van der Waals surface area contributed by atoms with Crippen molar-refractivity contribution in [3.8, 4) is 0 Å². The van der Waals surface area contributed by atoms with Gasteiger partial charge in [0.2, 0.25) is 5.95 Å². The first-order chi connectivity index (χ1) is 12.0. The van der Waals surface area contributed by atoms with Crippen LogP contribution >= 0.6 is 0 Å². The summed E-state index contributed by atoms with van der Waals surface area (Å²) < 4.78 is 53.7. The molecule has 26 heavy (non-hydrogen) atoms. The molecular formula is C18H21F4N3O. The van der Waals surface area contributed by atoms with Crippen LogP contribution in [0.15, 0.2) is 24.3 Å². The van der Waals surface area contributed by atoms with Crippen LogP contribution in [0.25, 0.3) is 0 Å². The number of aryl methyl sites for hydroxylation is 1. The molecule has 1 aromatic heterocycles. The maximum atomic E-state index is 14.1. The third-order valence-corrected chi connectivity index (χ3v) is 4.04. The fourth-order valence-electron chi connectivity index (χ4n) is 2.96. The summed E-state index contributed by atoms with van der Waals surface area (Å²) in [5.41, 5.74) is -1.50. The summed E-state index contributed by atoms with van der Waals surface area (Å²) in [5, 5.41) is 5.51. The lowest BCUT2D eigenvalue weighted by molar-refractivity contribution is -0.141. The predicted octanol–water partition coefficient (Wildman–Crippen LogP) is 4.98. The van der Waals surface area contributed by atoms with Crippen LogP contribution in [0.3, 0.4) is 0 Å². The Morgan fingerprint density at radius 3 is 2.42 bits per heavy atom. The fourth-order valence-corrected chi connectivity index (χ4v) is 2.96. The van der Waals surface area contributed by atoms with E-state index in [-0.39, 0.29) is 5.92 Å². The molecule has 2 rings (SSSR count). The number of carbonyl (C=O) groups excluding carboxylic acids is 1. The van der Waals surface area contributed by atoms with E-state index in [1.54, 1.807) is 24.3 Å². The predicted molar refractivity (Wildman–Crippen MR) is 90.4 cm³/mol. The van der Waals surface area contributed by atoms with Gasteiger partial charge in [-0.1, -0.05) is 39.0 Å². The first-order valence-corrected chi connectivity index (χ1v) is 8.22. The summed E-state index contributed by atoms with van der Waals surface area (Å²) in [4.78, 5) is 12.4. The molecule has 0 radical (unpaired) electrons. The van der Waals surface area contributed by atoms with Gasteiger partial charge in [-0.25, -0.2) is 4.68 Å². The van der Waals surface area contributed by atoms with Gasteiger partial charge in [0, 0.05) is 12.7 Å². The minimum Gasteiger partial charge on any atom is -0.322 e. The van der Waals surface area contributed by atoms with Crippen LogP contribution in [-0.4, -0.2) is 15.7 Å². The molecule has 0 saturated carbocycles. The summed E-state index contributed by atoms with van der Waals surface area (Å²) in [5.74, 6) is -2.02. The number of aromatic nitrogens is 2. The molecule has 0 saturated heterocycles. The van der Waals surface area contributed by atoms with Gasteiger partial charge in [0.15, 0.2) is 5.69 Å². The molecule has 0 aliphatic carbocycles. The number of para-hydroxylation sites is 1. The van der Waals surface area contributed by atoms with Gasteiger partial charge in [0.05, 0.1) is 0 Å². The van der Waals surface area contributed by atoms with Crippen molar-refractivity contribution in [3.63, 3.8) is 0 Å². The van der Waals surface area contributed by atoms with E-state index in [1.807, 2.05) is 6.92 Å². The number of anilines is 1. The summed E-state index contributed by atoms with van der Waals surface area (Å²) in [7, 11) is 1.01. The lowest BCUT2D eigenvalue weighted by Crippen LogP contribution is -2.20. The fraction of sp³-hybridized carbons (Fsp3) is 0.444. The molecule has 0 bridgehead atoms. The van der Waals surface area contributed by atoms with Gasteiger partial charge in [0.25, 0.3) is 5.91 Å². The SMILES string of the molecule is CC(C)C[C@H](C)c1ccccc1NC(=O)c1c(C(F)(F)F)nn(C)c1F. The van der Waals surface area contributed by atoms with E-state index in [0.717, 1.165) is 19.0 Å². The van der Waals surface area contributed by atoms with Gasteiger partial charge < -0.3 is 5.32 Å². The Kier molecular flexibility index (Phi) is 5.73. The first kappa shape index (κ1) is 19.9. The van der Waals surface area contributed by atoms with Crippen LogP contribution in [-0.2, 0) is 13.2 Å². The maximum Gasteiger partial charge on any atom is 0.436 e. The molecule has 0 unspecified atom stereocenters. The topological polar surface area (TPSA) is 46.9 Å². The van der Waals surface area contributed by atoms with Crippen LogP contribution < -0.4 is 5.32 Å². The van der Waals surface area contributed by atoms with Gasteiger partial charge in [0.1, 0.15) is 5.56 Å². The first-order valence-electron chi connectivity index (χ1n) is 8.22. The van der Waals surface area contributed by atoms with Crippen molar-refractivity contribution in [3.05, 3.63) is 47.0 Å². The molecular weight excluding hydrogens is 350 g/mol. The number of alkyl halides is 3. The molecule has 1 N–H and O–H groups in total. The number of halogens is 4. The lowest BCUT2D eigenvalue weighted by atomic mass is 9.91. The molecule has 0 fully saturated rings. The lowest BCUT2D eigenvalue weighted by Gasteiger charge is -2.18. The summed E-state index contributed by atoms with van der Waals surface area (Å²) in [6, 6.07) is 6.83. The van der Waals surface area contributed by atoms with Crippen molar-refractivity contribution in [2.75, 3.05) is 5.32 Å². The molecule has 1 heterocycles. The molecule has 8 heteroatoms. The third-order valence-electron chi connectivity index (χ3n) is 4.04.